The van der Waals surface area contributed by atoms with Gasteiger partial charge in [-0.25, -0.2) is 0 Å². The first kappa shape index (κ1) is 66.8. The predicted molar refractivity (Wildman–Crippen MR) is 301 cm³/mol. The summed E-state index contributed by atoms with van der Waals surface area (Å²) in [6, 6.07) is -0.706. The van der Waals surface area contributed by atoms with Crippen LogP contribution in [0.4, 0.5) is 0 Å². The minimum Gasteiger partial charge on any atom is -0.462 e. The monoisotopic (exact) mass is 968 g/mol. The first-order valence-corrected chi connectivity index (χ1v) is 30.4. The van der Waals surface area contributed by atoms with Crippen LogP contribution in [-0.4, -0.2) is 46.9 Å². The third-order valence-electron chi connectivity index (χ3n) is 14.0. The highest BCUT2D eigenvalue weighted by atomic mass is 16.5. The summed E-state index contributed by atoms with van der Waals surface area (Å²) in [5.41, 5.74) is 0. The minimum absolute atomic E-state index is 0.0713. The summed E-state index contributed by atoms with van der Waals surface area (Å²) < 4.78 is 5.97. The Balaban J connectivity index is 4.57. The molecule has 404 valence electrons. The average Bonchev–Trinajstić information content (AvgIpc) is 3.34. The van der Waals surface area contributed by atoms with Crippen molar-refractivity contribution in [3.63, 3.8) is 0 Å². The van der Waals surface area contributed by atoms with Gasteiger partial charge in [0.15, 0.2) is 0 Å². The number of unbranched alkanes of at least 4 members (excludes halogenated alkanes) is 38. The first-order valence-electron chi connectivity index (χ1n) is 30.4. The Bertz CT molecular complexity index is 1180. The lowest BCUT2D eigenvalue weighted by atomic mass is 10.0. The van der Waals surface area contributed by atoms with E-state index in [4.69, 9.17) is 4.74 Å². The number of allylic oxidation sites excluding steroid dienone is 8. The molecule has 0 aliphatic rings. The zero-order valence-corrected chi connectivity index (χ0v) is 46.2. The van der Waals surface area contributed by atoms with Crippen LogP contribution in [0.3, 0.4) is 0 Å². The number of carbonyl (C=O) groups is 2. The van der Waals surface area contributed by atoms with E-state index in [-0.39, 0.29) is 24.9 Å². The molecule has 3 atom stereocenters. The second kappa shape index (κ2) is 56.7. The van der Waals surface area contributed by atoms with Gasteiger partial charge < -0.3 is 20.3 Å². The summed E-state index contributed by atoms with van der Waals surface area (Å²) in [4.78, 5) is 26.3. The molecule has 6 nitrogen and oxygen atoms in total. The number of aliphatic hydroxyl groups is 2. The average molecular weight is 969 g/mol. The summed E-state index contributed by atoms with van der Waals surface area (Å²) >= 11 is 0. The van der Waals surface area contributed by atoms with E-state index in [1.54, 1.807) is 0 Å². The maximum absolute atomic E-state index is 13.3. The maximum Gasteiger partial charge on any atom is 0.306 e. The van der Waals surface area contributed by atoms with Crippen LogP contribution in [0.2, 0.25) is 0 Å². The molecule has 0 aliphatic heterocycles. The van der Waals surface area contributed by atoms with E-state index in [2.05, 4.69) is 74.7 Å². The normalized spacial score (nSPS) is 13.4. The third-order valence-corrected chi connectivity index (χ3v) is 14.0. The minimum atomic E-state index is -0.792. The Kier molecular flexibility index (Phi) is 54.9. The number of amides is 1. The van der Waals surface area contributed by atoms with Gasteiger partial charge in [-0.3, -0.25) is 9.59 Å². The van der Waals surface area contributed by atoms with Gasteiger partial charge in [0, 0.05) is 6.42 Å². The van der Waals surface area contributed by atoms with Crippen LogP contribution in [0.25, 0.3) is 0 Å². The van der Waals surface area contributed by atoms with Gasteiger partial charge in [0.1, 0.15) is 6.10 Å². The Hall–Kier alpha value is -2.18. The highest BCUT2D eigenvalue weighted by Gasteiger charge is 2.24. The molecular weight excluding hydrogens is 851 g/mol. The van der Waals surface area contributed by atoms with Crippen molar-refractivity contribution in [1.29, 1.82) is 0 Å². The molecule has 0 saturated heterocycles. The van der Waals surface area contributed by atoms with E-state index >= 15 is 0 Å². The van der Waals surface area contributed by atoms with Crippen LogP contribution in [0.5, 0.6) is 0 Å². The van der Waals surface area contributed by atoms with Gasteiger partial charge in [0.05, 0.1) is 25.2 Å². The van der Waals surface area contributed by atoms with E-state index in [1.807, 2.05) is 0 Å². The topological polar surface area (TPSA) is 95.9 Å². The van der Waals surface area contributed by atoms with Crippen molar-refractivity contribution in [3.8, 4) is 0 Å². The van der Waals surface area contributed by atoms with Crippen LogP contribution in [0.1, 0.15) is 316 Å². The lowest BCUT2D eigenvalue weighted by Crippen LogP contribution is -2.46. The van der Waals surface area contributed by atoms with Gasteiger partial charge in [-0.2, -0.15) is 0 Å². The number of aliphatic hydroxyl groups excluding tert-OH is 2. The van der Waals surface area contributed by atoms with Gasteiger partial charge in [0.25, 0.3) is 0 Å². The molecule has 0 aromatic rings. The fourth-order valence-corrected chi connectivity index (χ4v) is 9.39. The Morgan fingerprint density at radius 2 is 0.739 bits per heavy atom. The van der Waals surface area contributed by atoms with E-state index in [9.17, 15) is 19.8 Å². The van der Waals surface area contributed by atoms with Crippen molar-refractivity contribution in [3.05, 3.63) is 48.6 Å². The van der Waals surface area contributed by atoms with Crippen molar-refractivity contribution < 1.29 is 24.5 Å². The van der Waals surface area contributed by atoms with E-state index in [0.29, 0.717) is 19.3 Å². The number of hydrogen-bond acceptors (Lipinski definition) is 5. The van der Waals surface area contributed by atoms with Gasteiger partial charge in [-0.15, -0.1) is 0 Å². The summed E-state index contributed by atoms with van der Waals surface area (Å²) in [5.74, 6) is -0.483. The number of ether oxygens (including phenoxy) is 1. The SMILES string of the molecule is CCCCC/C=C/C=C/C=C/C=C/CCCCCCCC(=O)OC(CCCCCCCCCCCCCCCCCC)CC(=O)NC(CO)C(O)CCCCCCCCCCCCCCCCCC. The molecular formula is C63H117NO5. The van der Waals surface area contributed by atoms with Crippen molar-refractivity contribution in [1.82, 2.24) is 5.32 Å². The van der Waals surface area contributed by atoms with Crippen LogP contribution in [0.15, 0.2) is 48.6 Å². The lowest BCUT2D eigenvalue weighted by molar-refractivity contribution is -0.151. The first-order chi connectivity index (χ1) is 34.0. The predicted octanol–water partition coefficient (Wildman–Crippen LogP) is 19.0. The summed E-state index contributed by atoms with van der Waals surface area (Å²) in [6.07, 6.45) is 70.3. The number of nitrogens with one attached hydrogen (secondary N) is 1. The van der Waals surface area contributed by atoms with Crippen LogP contribution in [0, 0.1) is 0 Å². The van der Waals surface area contributed by atoms with Crippen molar-refractivity contribution in [2.75, 3.05) is 6.61 Å². The fourth-order valence-electron chi connectivity index (χ4n) is 9.39. The van der Waals surface area contributed by atoms with Gasteiger partial charge in [-0.05, 0) is 51.4 Å². The molecule has 0 heterocycles. The van der Waals surface area contributed by atoms with Crippen LogP contribution in [-0.2, 0) is 14.3 Å². The Morgan fingerprint density at radius 1 is 0.420 bits per heavy atom. The highest BCUT2D eigenvalue weighted by molar-refractivity contribution is 5.77. The fraction of sp³-hybridized carbons (Fsp3) is 0.841. The van der Waals surface area contributed by atoms with Gasteiger partial charge >= 0.3 is 5.97 Å². The van der Waals surface area contributed by atoms with Crippen LogP contribution >= 0.6 is 0 Å². The lowest BCUT2D eigenvalue weighted by Gasteiger charge is -2.24. The van der Waals surface area contributed by atoms with Crippen LogP contribution < -0.4 is 5.32 Å². The quantitative estimate of drug-likeness (QED) is 0.0321. The smallest absolute Gasteiger partial charge is 0.306 e. The van der Waals surface area contributed by atoms with E-state index < -0.39 is 18.2 Å². The molecule has 0 aromatic heterocycles. The zero-order valence-electron chi connectivity index (χ0n) is 46.2. The summed E-state index contributed by atoms with van der Waals surface area (Å²) in [6.45, 7) is 6.49. The molecule has 1 amide bonds. The molecule has 0 radical (unpaired) electrons. The molecule has 3 unspecified atom stereocenters. The molecule has 0 fully saturated rings. The molecule has 0 aromatic carbocycles. The van der Waals surface area contributed by atoms with Crippen molar-refractivity contribution in [2.45, 2.75) is 334 Å². The van der Waals surface area contributed by atoms with E-state index in [1.165, 1.54) is 199 Å². The van der Waals surface area contributed by atoms with Gasteiger partial charge in [-0.1, -0.05) is 301 Å². The molecule has 69 heavy (non-hydrogen) atoms. The summed E-state index contributed by atoms with van der Waals surface area (Å²) in [5, 5.41) is 23.9. The Morgan fingerprint density at radius 3 is 1.14 bits per heavy atom. The summed E-state index contributed by atoms with van der Waals surface area (Å²) in [7, 11) is 0. The Labute approximate surface area is 429 Å². The molecule has 0 spiro atoms. The van der Waals surface area contributed by atoms with Crippen molar-refractivity contribution in [2.24, 2.45) is 0 Å². The standard InChI is InChI=1S/C63H117NO5/c1-4-7-10-13-16-19-22-25-28-31-32-35-38-41-44-47-50-53-56-63(68)69-59(54-51-48-45-42-39-36-33-29-26-23-20-17-14-11-8-5-2)57-62(67)64-60(58-65)61(66)55-52-49-46-43-40-37-34-30-27-24-21-18-15-12-9-6-3/h16,19,22,25,28,31-32,35,59-61,65-66H,4-15,17-18,20-21,23-24,26-27,29-30,33-34,36-58H2,1-3H3,(H,64,67)/b19-16+,25-22+,31-28+,35-32+. The molecule has 3 N–H and O–H groups in total. The number of carbonyl (C=O) groups excluding carboxylic acids is 2. The molecule has 0 bridgehead atoms. The number of esters is 1. The molecule has 0 aliphatic carbocycles. The van der Waals surface area contributed by atoms with Crippen molar-refractivity contribution >= 4 is 11.9 Å². The molecule has 0 saturated carbocycles. The molecule has 6 heteroatoms. The highest BCUT2D eigenvalue weighted by Crippen LogP contribution is 2.19. The van der Waals surface area contributed by atoms with E-state index in [0.717, 1.165) is 70.6 Å². The second-order valence-electron chi connectivity index (χ2n) is 20.9. The zero-order chi connectivity index (χ0) is 50.2. The maximum atomic E-state index is 13.3. The molecule has 0 rings (SSSR count). The van der Waals surface area contributed by atoms with Gasteiger partial charge in [0.2, 0.25) is 5.91 Å². The largest absolute Gasteiger partial charge is 0.462 e. The number of hydrogen-bond donors (Lipinski definition) is 3. The number of rotatable bonds is 55. The second-order valence-corrected chi connectivity index (χ2v) is 20.9. The third kappa shape index (κ3) is 52.0.